The Morgan fingerprint density at radius 3 is 0.857 bits per heavy atom. The van der Waals surface area contributed by atoms with E-state index in [2.05, 4.69) is 4.98 Å². The standard InChI is InChI=1S/C18H15NO.C16H16O.C15H16O.3C14H14O/c20-18(15-7-3-1-4-8-15,16-9-5-2-6-10-16)17-11-13-19-14-12-17;17-16(15-11-12-15,13-7-3-1-4-8-13)14-9-5-2-6-10-14;1-11-3-7-13(8-4-11)15(16)14-9-5-12(2)6-10-14;1-14(15,12-8-4-2-5-9-12)13-10-6-3-7-11-13;1-11-7-5-6-10-13(11)14(15)12-8-3-2-4-9-12;1-11-7-9-13(10-8-11)14(15)12-5-3-2-4-6-12/h1-14,20H;1-10,15,17H,11-12H2;3-10,15-16H,1-2H3;2-11,15H,1H3;2*2-10,14-15H,1H3. The van der Waals surface area contributed by atoms with Crippen LogP contribution in [0.1, 0.15) is 133 Å². The summed E-state index contributed by atoms with van der Waals surface area (Å²) in [6.45, 7) is 9.96. The first-order chi connectivity index (χ1) is 47.6. The molecule has 0 spiro atoms. The zero-order valence-electron chi connectivity index (χ0n) is 56.5. The van der Waals surface area contributed by atoms with Crippen molar-refractivity contribution in [1.82, 2.24) is 4.98 Å². The fraction of sp³-hybridized carbons (Fsp3) is 0.154. The molecule has 0 radical (unpaired) electrons. The molecule has 1 aliphatic carbocycles. The maximum Gasteiger partial charge on any atom is 0.140 e. The van der Waals surface area contributed by atoms with Crippen molar-refractivity contribution in [2.45, 2.75) is 82.6 Å². The highest BCUT2D eigenvalue weighted by atomic mass is 16.3. The Hall–Kier alpha value is -10.5. The van der Waals surface area contributed by atoms with Crippen LogP contribution >= 0.6 is 0 Å². The van der Waals surface area contributed by atoms with Gasteiger partial charge in [-0.3, -0.25) is 4.98 Å². The minimum absolute atomic E-state index is 0.368. The number of pyridine rings is 1. The molecule has 7 heteroatoms. The van der Waals surface area contributed by atoms with E-state index in [0.717, 1.165) is 90.7 Å². The summed E-state index contributed by atoms with van der Waals surface area (Å²) < 4.78 is 0. The fourth-order valence-electron chi connectivity index (χ4n) is 11.6. The molecule has 0 amide bonds. The monoisotopic (exact) mass is 1290 g/mol. The molecule has 1 saturated carbocycles. The van der Waals surface area contributed by atoms with E-state index >= 15 is 0 Å². The molecule has 6 N–H and O–H groups in total. The third-order valence-corrected chi connectivity index (χ3v) is 17.6. The quantitative estimate of drug-likeness (QED) is 0.0639. The fourth-order valence-corrected chi connectivity index (χ4v) is 11.6. The van der Waals surface area contributed by atoms with Crippen LogP contribution in [0.5, 0.6) is 0 Å². The number of nitrogens with zero attached hydrogens (tertiary/aromatic N) is 1. The van der Waals surface area contributed by atoms with E-state index in [0.29, 0.717) is 5.92 Å². The maximum absolute atomic E-state index is 11.4. The average molecular weight is 1290 g/mol. The molecule has 0 saturated heterocycles. The average Bonchev–Trinajstić information content (AvgIpc) is 1.34. The number of hydrogen-bond acceptors (Lipinski definition) is 7. The Morgan fingerprint density at radius 1 is 0.286 bits per heavy atom. The van der Waals surface area contributed by atoms with Crippen molar-refractivity contribution in [3.05, 3.63) is 459 Å². The van der Waals surface area contributed by atoms with E-state index in [1.54, 1.807) is 12.4 Å². The minimum atomic E-state index is -1.16. The summed E-state index contributed by atoms with van der Waals surface area (Å²) in [7, 11) is 0. The van der Waals surface area contributed by atoms with Gasteiger partial charge in [-0.1, -0.05) is 356 Å². The Kier molecular flexibility index (Phi) is 26.0. The molecule has 494 valence electrons. The highest BCUT2D eigenvalue weighted by Gasteiger charge is 2.46. The summed E-state index contributed by atoms with van der Waals surface area (Å²) in [6.07, 6.45) is 4.05. The number of aliphatic hydroxyl groups is 6. The number of hydrogen-bond donors (Lipinski definition) is 6. The summed E-state index contributed by atoms with van der Waals surface area (Å²) in [6, 6.07) is 114. The second kappa shape index (κ2) is 35.5. The van der Waals surface area contributed by atoms with Crippen LogP contribution in [0.2, 0.25) is 0 Å². The Labute approximate surface area is 579 Å². The third kappa shape index (κ3) is 19.4. The zero-order chi connectivity index (χ0) is 69.2. The number of aromatic nitrogens is 1. The summed E-state index contributed by atoms with van der Waals surface area (Å²) in [5.74, 6) is 0.368. The summed E-state index contributed by atoms with van der Waals surface area (Å²) in [4.78, 5) is 4.04. The molecule has 2 atom stereocenters. The van der Waals surface area contributed by atoms with Crippen molar-refractivity contribution in [2.75, 3.05) is 0 Å². The highest BCUT2D eigenvalue weighted by molar-refractivity contribution is 5.47. The molecule has 0 aliphatic heterocycles. The molecule has 98 heavy (non-hydrogen) atoms. The largest absolute Gasteiger partial charge is 0.384 e. The van der Waals surface area contributed by atoms with Crippen LogP contribution in [-0.4, -0.2) is 35.6 Å². The van der Waals surface area contributed by atoms with Gasteiger partial charge in [0.1, 0.15) is 35.1 Å². The predicted molar refractivity (Wildman–Crippen MR) is 399 cm³/mol. The maximum atomic E-state index is 11.4. The van der Waals surface area contributed by atoms with Gasteiger partial charge >= 0.3 is 0 Å². The molecule has 1 fully saturated rings. The van der Waals surface area contributed by atoms with Crippen LogP contribution in [0.4, 0.5) is 0 Å². The third-order valence-electron chi connectivity index (χ3n) is 17.6. The number of aryl methyl sites for hydroxylation is 4. The normalized spacial score (nSPS) is 12.3. The van der Waals surface area contributed by atoms with Crippen LogP contribution in [0, 0.1) is 33.6 Å². The number of rotatable bonds is 14. The summed E-state index contributed by atoms with van der Waals surface area (Å²) >= 11 is 0. The summed E-state index contributed by atoms with van der Waals surface area (Å²) in [5, 5.41) is 63.4. The van der Waals surface area contributed by atoms with E-state index in [-0.39, 0.29) is 0 Å². The van der Waals surface area contributed by atoms with Crippen molar-refractivity contribution < 1.29 is 30.6 Å². The van der Waals surface area contributed by atoms with Gasteiger partial charge in [-0.2, -0.15) is 0 Å². The number of benzene rings is 12. The second-order valence-corrected chi connectivity index (χ2v) is 24.9. The molecule has 1 aliphatic rings. The smallest absolute Gasteiger partial charge is 0.140 e. The van der Waals surface area contributed by atoms with Gasteiger partial charge in [-0.25, -0.2) is 0 Å². The molecule has 1 heterocycles. The van der Waals surface area contributed by atoms with Gasteiger partial charge in [-0.05, 0) is 143 Å². The Morgan fingerprint density at radius 2 is 0.541 bits per heavy atom. The van der Waals surface area contributed by atoms with Crippen molar-refractivity contribution >= 4 is 0 Å². The lowest BCUT2D eigenvalue weighted by Gasteiger charge is -2.29. The molecule has 0 bridgehead atoms. The van der Waals surface area contributed by atoms with Crippen molar-refractivity contribution in [1.29, 1.82) is 0 Å². The molecule has 12 aromatic carbocycles. The van der Waals surface area contributed by atoms with Gasteiger partial charge < -0.3 is 30.6 Å². The molecule has 7 nitrogen and oxygen atoms in total. The Bertz CT molecular complexity index is 4130. The Balaban J connectivity index is 0.000000138. The predicted octanol–water partition coefficient (Wildman–Crippen LogP) is 19.2. The first-order valence-corrected chi connectivity index (χ1v) is 33.4. The van der Waals surface area contributed by atoms with Crippen LogP contribution in [0.25, 0.3) is 0 Å². The van der Waals surface area contributed by atoms with Crippen LogP contribution in [-0.2, 0) is 16.8 Å². The molecule has 13 aromatic rings. The van der Waals surface area contributed by atoms with Crippen molar-refractivity contribution in [3.63, 3.8) is 0 Å². The number of aliphatic hydroxyl groups excluding tert-OH is 3. The molecule has 1 aromatic heterocycles. The highest BCUT2D eigenvalue weighted by Crippen LogP contribution is 2.49. The van der Waals surface area contributed by atoms with Crippen molar-refractivity contribution in [2.24, 2.45) is 5.92 Å². The molecular weight excluding hydrogens is 1200 g/mol. The minimum Gasteiger partial charge on any atom is -0.384 e. The molecular formula is C91H89NO6. The van der Waals surface area contributed by atoms with Gasteiger partial charge in [0.05, 0.1) is 0 Å². The van der Waals surface area contributed by atoms with Gasteiger partial charge in [0.2, 0.25) is 0 Å². The van der Waals surface area contributed by atoms with Crippen LogP contribution < -0.4 is 0 Å². The van der Waals surface area contributed by atoms with E-state index in [1.165, 1.54) is 16.7 Å². The molecule has 2 unspecified atom stereocenters. The van der Waals surface area contributed by atoms with E-state index in [4.69, 9.17) is 0 Å². The second-order valence-electron chi connectivity index (χ2n) is 24.9. The van der Waals surface area contributed by atoms with Crippen molar-refractivity contribution in [3.8, 4) is 0 Å². The van der Waals surface area contributed by atoms with Gasteiger partial charge in [0.15, 0.2) is 0 Å². The first-order valence-electron chi connectivity index (χ1n) is 33.4. The van der Waals surface area contributed by atoms with E-state index in [1.807, 2.05) is 386 Å². The SMILES string of the molecule is CC(O)(c1ccccc1)c1ccccc1.Cc1ccc(C(O)c2ccc(C)cc2)cc1.Cc1ccc(C(O)c2ccccc2)cc1.Cc1ccccc1C(O)c1ccccc1.OC(c1ccccc1)(c1ccccc1)C1CC1.OC(c1ccccc1)(c1ccccc1)c1ccncc1. The lowest BCUT2D eigenvalue weighted by atomic mass is 9.81. The molecule has 14 rings (SSSR count). The van der Waals surface area contributed by atoms with Gasteiger partial charge in [0, 0.05) is 12.4 Å². The van der Waals surface area contributed by atoms with Gasteiger partial charge in [0.25, 0.3) is 0 Å². The summed E-state index contributed by atoms with van der Waals surface area (Å²) in [5.41, 5.74) is 13.9. The topological polar surface area (TPSA) is 134 Å². The lowest BCUT2D eigenvalue weighted by Crippen LogP contribution is -2.29. The van der Waals surface area contributed by atoms with Crippen LogP contribution in [0.3, 0.4) is 0 Å². The zero-order valence-corrected chi connectivity index (χ0v) is 56.5. The van der Waals surface area contributed by atoms with Gasteiger partial charge in [-0.15, -0.1) is 0 Å². The van der Waals surface area contributed by atoms with Crippen LogP contribution in [0.15, 0.2) is 364 Å². The lowest BCUT2D eigenvalue weighted by molar-refractivity contribution is 0.0564. The van der Waals surface area contributed by atoms with E-state index in [9.17, 15) is 30.6 Å². The van der Waals surface area contributed by atoms with E-state index < -0.39 is 35.1 Å². The first kappa shape index (κ1) is 71.8.